The van der Waals surface area contributed by atoms with Gasteiger partial charge in [-0.15, -0.1) is 0 Å². The first-order valence-corrected chi connectivity index (χ1v) is 8.91. The van der Waals surface area contributed by atoms with E-state index in [-0.39, 0.29) is 6.09 Å². The Balaban J connectivity index is 1.90. The quantitative estimate of drug-likeness (QED) is 0.599. The van der Waals surface area contributed by atoms with Crippen LogP contribution in [0.15, 0.2) is 72.8 Å². The molecule has 0 fully saturated rings. The lowest BCUT2D eigenvalue weighted by atomic mass is 10.0. The van der Waals surface area contributed by atoms with Crippen LogP contribution in [0.4, 0.5) is 4.79 Å². The summed E-state index contributed by atoms with van der Waals surface area (Å²) in [5.41, 5.74) is 1.67. The molecule has 0 bridgehead atoms. The zero-order valence-electron chi connectivity index (χ0n) is 15.6. The maximum Gasteiger partial charge on any atom is 0.410 e. The van der Waals surface area contributed by atoms with Crippen LogP contribution in [0.2, 0.25) is 0 Å². The lowest BCUT2D eigenvalue weighted by Gasteiger charge is -2.28. The van der Waals surface area contributed by atoms with E-state index in [0.29, 0.717) is 13.1 Å². The Kier molecular flexibility index (Phi) is 5.27. The van der Waals surface area contributed by atoms with E-state index >= 15 is 0 Å². The molecule has 0 saturated carbocycles. The third-order valence-electron chi connectivity index (χ3n) is 4.11. The zero-order valence-corrected chi connectivity index (χ0v) is 15.6. The van der Waals surface area contributed by atoms with E-state index in [2.05, 4.69) is 24.3 Å². The lowest BCUT2D eigenvalue weighted by Crippen LogP contribution is -2.36. The van der Waals surface area contributed by atoms with Crippen LogP contribution in [0.25, 0.3) is 10.8 Å². The van der Waals surface area contributed by atoms with Gasteiger partial charge in [0.05, 0.1) is 0 Å². The monoisotopic (exact) mass is 347 g/mol. The van der Waals surface area contributed by atoms with E-state index in [1.54, 1.807) is 4.90 Å². The molecule has 0 aliphatic rings. The predicted octanol–water partition coefficient (Wildman–Crippen LogP) is 5.78. The van der Waals surface area contributed by atoms with Crippen molar-refractivity contribution < 1.29 is 9.53 Å². The molecular weight excluding hydrogens is 322 g/mol. The van der Waals surface area contributed by atoms with Gasteiger partial charge < -0.3 is 4.74 Å². The van der Waals surface area contributed by atoms with Crippen molar-refractivity contribution in [2.45, 2.75) is 39.5 Å². The van der Waals surface area contributed by atoms with Crippen molar-refractivity contribution in [1.82, 2.24) is 4.90 Å². The number of hydrogen-bond acceptors (Lipinski definition) is 2. The average molecular weight is 347 g/mol. The third-order valence-corrected chi connectivity index (χ3v) is 4.11. The summed E-state index contributed by atoms with van der Waals surface area (Å²) in [6.07, 6.45) is -0.297. The van der Waals surface area contributed by atoms with Gasteiger partial charge in [-0.1, -0.05) is 72.8 Å². The van der Waals surface area contributed by atoms with Gasteiger partial charge in [0.2, 0.25) is 0 Å². The van der Waals surface area contributed by atoms with Crippen LogP contribution in [0.1, 0.15) is 31.9 Å². The van der Waals surface area contributed by atoms with Crippen LogP contribution in [-0.4, -0.2) is 16.6 Å². The molecule has 0 heterocycles. The molecule has 3 aromatic rings. The summed E-state index contributed by atoms with van der Waals surface area (Å²) in [5, 5.41) is 2.34. The molecule has 3 aromatic carbocycles. The second-order valence-electron chi connectivity index (χ2n) is 7.46. The number of carbonyl (C=O) groups excluding carboxylic acids is 1. The van der Waals surface area contributed by atoms with Crippen LogP contribution < -0.4 is 0 Å². The number of nitrogens with zero attached hydrogens (tertiary/aromatic N) is 1. The molecule has 0 spiro atoms. The number of benzene rings is 3. The van der Waals surface area contributed by atoms with Crippen LogP contribution in [0.3, 0.4) is 0 Å². The Morgan fingerprint density at radius 3 is 2.23 bits per heavy atom. The first kappa shape index (κ1) is 18.0. The fourth-order valence-corrected chi connectivity index (χ4v) is 2.95. The van der Waals surface area contributed by atoms with Gasteiger partial charge in [-0.2, -0.15) is 0 Å². The minimum atomic E-state index is -0.523. The maximum atomic E-state index is 12.8. The number of hydrogen-bond donors (Lipinski definition) is 0. The Bertz CT molecular complexity index is 876. The normalized spacial score (nSPS) is 11.3. The highest BCUT2D eigenvalue weighted by Gasteiger charge is 2.23. The van der Waals surface area contributed by atoms with Crippen molar-refractivity contribution in [2.24, 2.45) is 0 Å². The van der Waals surface area contributed by atoms with Crippen molar-refractivity contribution in [3.05, 3.63) is 83.9 Å². The van der Waals surface area contributed by atoms with Crippen molar-refractivity contribution in [2.75, 3.05) is 0 Å². The SMILES string of the molecule is CC(C)(C)OC(=O)N(Cc1ccccc1)Cc1cccc2ccccc12. The lowest BCUT2D eigenvalue weighted by molar-refractivity contribution is 0.0217. The van der Waals surface area contributed by atoms with E-state index in [1.807, 2.05) is 69.3 Å². The third kappa shape index (κ3) is 4.63. The summed E-state index contributed by atoms with van der Waals surface area (Å²) >= 11 is 0. The Morgan fingerprint density at radius 2 is 1.50 bits per heavy atom. The smallest absolute Gasteiger partial charge is 0.410 e. The van der Waals surface area contributed by atoms with E-state index < -0.39 is 5.60 Å². The van der Waals surface area contributed by atoms with Gasteiger partial charge in [-0.25, -0.2) is 4.79 Å². The topological polar surface area (TPSA) is 29.5 Å². The number of rotatable bonds is 4. The first-order valence-electron chi connectivity index (χ1n) is 8.91. The molecule has 3 nitrogen and oxygen atoms in total. The number of ether oxygens (including phenoxy) is 1. The molecular formula is C23H25NO2. The second-order valence-corrected chi connectivity index (χ2v) is 7.46. The van der Waals surface area contributed by atoms with Gasteiger partial charge >= 0.3 is 6.09 Å². The summed E-state index contributed by atoms with van der Waals surface area (Å²) in [7, 11) is 0. The molecule has 0 saturated heterocycles. The Morgan fingerprint density at radius 1 is 0.846 bits per heavy atom. The molecule has 26 heavy (non-hydrogen) atoms. The molecule has 3 heteroatoms. The van der Waals surface area contributed by atoms with Gasteiger partial charge in [0.25, 0.3) is 0 Å². The number of carbonyl (C=O) groups is 1. The molecule has 3 rings (SSSR count). The van der Waals surface area contributed by atoms with Crippen molar-refractivity contribution in [3.63, 3.8) is 0 Å². The van der Waals surface area contributed by atoms with E-state index in [4.69, 9.17) is 4.74 Å². The maximum absolute atomic E-state index is 12.8. The minimum Gasteiger partial charge on any atom is -0.444 e. The van der Waals surface area contributed by atoms with Crippen LogP contribution in [-0.2, 0) is 17.8 Å². The second kappa shape index (κ2) is 7.61. The van der Waals surface area contributed by atoms with E-state index in [1.165, 1.54) is 5.39 Å². The molecule has 0 aliphatic heterocycles. The summed E-state index contributed by atoms with van der Waals surface area (Å²) in [5.74, 6) is 0. The molecule has 134 valence electrons. The fourth-order valence-electron chi connectivity index (χ4n) is 2.95. The molecule has 0 radical (unpaired) electrons. The minimum absolute atomic E-state index is 0.297. The molecule has 0 N–H and O–H groups in total. The highest BCUT2D eigenvalue weighted by Crippen LogP contribution is 2.22. The van der Waals surface area contributed by atoms with Gasteiger partial charge in [-0.3, -0.25) is 4.90 Å². The summed E-state index contributed by atoms with van der Waals surface area (Å²) in [6.45, 7) is 6.70. The van der Waals surface area contributed by atoms with Crippen LogP contribution >= 0.6 is 0 Å². The van der Waals surface area contributed by atoms with Crippen LogP contribution in [0.5, 0.6) is 0 Å². The summed E-state index contributed by atoms with van der Waals surface area (Å²) in [4.78, 5) is 14.6. The highest BCUT2D eigenvalue weighted by atomic mass is 16.6. The molecule has 0 aliphatic carbocycles. The van der Waals surface area contributed by atoms with E-state index in [9.17, 15) is 4.79 Å². The highest BCUT2D eigenvalue weighted by molar-refractivity contribution is 5.86. The number of fused-ring (bicyclic) bond motifs is 1. The van der Waals surface area contributed by atoms with E-state index in [0.717, 1.165) is 16.5 Å². The number of amides is 1. The molecule has 0 aromatic heterocycles. The molecule has 1 amide bonds. The van der Waals surface area contributed by atoms with Crippen molar-refractivity contribution >= 4 is 16.9 Å². The van der Waals surface area contributed by atoms with Crippen LogP contribution in [0, 0.1) is 0 Å². The average Bonchev–Trinajstić information content (AvgIpc) is 2.61. The summed E-state index contributed by atoms with van der Waals surface area (Å²) < 4.78 is 5.64. The zero-order chi connectivity index (χ0) is 18.6. The van der Waals surface area contributed by atoms with Gasteiger partial charge in [0, 0.05) is 13.1 Å². The standard InChI is InChI=1S/C23H25NO2/c1-23(2,3)26-22(25)24(16-18-10-5-4-6-11-18)17-20-14-9-13-19-12-7-8-15-21(19)20/h4-15H,16-17H2,1-3H3. The van der Waals surface area contributed by atoms with Gasteiger partial charge in [-0.05, 0) is 42.7 Å². The molecule has 0 unspecified atom stereocenters. The molecule has 0 atom stereocenters. The Labute approximate surface area is 155 Å². The van der Waals surface area contributed by atoms with Gasteiger partial charge in [0.15, 0.2) is 0 Å². The first-order chi connectivity index (χ1) is 12.4. The summed E-state index contributed by atoms with van der Waals surface area (Å²) in [6, 6.07) is 24.5. The van der Waals surface area contributed by atoms with Crippen molar-refractivity contribution in [1.29, 1.82) is 0 Å². The van der Waals surface area contributed by atoms with Gasteiger partial charge in [0.1, 0.15) is 5.60 Å². The predicted molar refractivity (Wildman–Crippen MR) is 106 cm³/mol. The largest absolute Gasteiger partial charge is 0.444 e. The Hall–Kier alpha value is -2.81. The van der Waals surface area contributed by atoms with Crippen molar-refractivity contribution in [3.8, 4) is 0 Å². The fraction of sp³-hybridized carbons (Fsp3) is 0.261.